The molecule has 0 aliphatic carbocycles. The van der Waals surface area contributed by atoms with Crippen LogP contribution in [0.1, 0.15) is 25.9 Å². The highest BCUT2D eigenvalue weighted by molar-refractivity contribution is 7.17. The van der Waals surface area contributed by atoms with Crippen LogP contribution in [0.2, 0.25) is 0 Å². The molecule has 0 bridgehead atoms. The molecule has 2 aliphatic rings. The molecule has 28 heavy (non-hydrogen) atoms. The quantitative estimate of drug-likeness (QED) is 0.653. The number of rotatable bonds is 3. The van der Waals surface area contributed by atoms with Crippen LogP contribution in [0.15, 0.2) is 35.7 Å². The highest BCUT2D eigenvalue weighted by atomic mass is 32.1. The van der Waals surface area contributed by atoms with Gasteiger partial charge in [-0.3, -0.25) is 9.69 Å². The van der Waals surface area contributed by atoms with Gasteiger partial charge in [0.15, 0.2) is 0 Å². The van der Waals surface area contributed by atoms with E-state index < -0.39 is 0 Å². The first-order valence-electron chi connectivity index (χ1n) is 9.45. The van der Waals surface area contributed by atoms with Crippen LogP contribution in [0, 0.1) is 6.92 Å². The van der Waals surface area contributed by atoms with Crippen molar-refractivity contribution in [2.45, 2.75) is 20.1 Å². The van der Waals surface area contributed by atoms with Gasteiger partial charge in [0, 0.05) is 54.1 Å². The van der Waals surface area contributed by atoms with E-state index in [0.717, 1.165) is 65.2 Å². The maximum Gasteiger partial charge on any atom is 0.264 e. The topological polar surface area (TPSA) is 45.7 Å². The Morgan fingerprint density at radius 1 is 1.21 bits per heavy atom. The van der Waals surface area contributed by atoms with Gasteiger partial charge in [0.25, 0.3) is 5.91 Å². The summed E-state index contributed by atoms with van der Waals surface area (Å²) in [6.45, 7) is 6.74. The third-order valence-electron chi connectivity index (χ3n) is 5.25. The van der Waals surface area contributed by atoms with Gasteiger partial charge in [-0.2, -0.15) is 0 Å². The number of thiophene rings is 1. The predicted octanol–water partition coefficient (Wildman–Crippen LogP) is 4.03. The Bertz CT molecular complexity index is 1020. The average molecular weight is 412 g/mol. The number of thiazole rings is 1. The van der Waals surface area contributed by atoms with Gasteiger partial charge in [-0.25, -0.2) is 4.98 Å². The van der Waals surface area contributed by atoms with E-state index in [1.165, 1.54) is 4.88 Å². The third-order valence-corrected chi connectivity index (χ3v) is 7.27. The fraction of sp³-hybridized carbons (Fsp3) is 0.333. The molecule has 0 unspecified atom stereocenters. The van der Waals surface area contributed by atoms with Crippen LogP contribution in [0.25, 0.3) is 10.4 Å². The van der Waals surface area contributed by atoms with E-state index >= 15 is 0 Å². The number of hydrogen-bond donors (Lipinski definition) is 0. The van der Waals surface area contributed by atoms with Crippen molar-refractivity contribution in [3.8, 4) is 16.2 Å². The number of fused-ring (bicyclic) bond motifs is 3. The summed E-state index contributed by atoms with van der Waals surface area (Å²) < 4.78 is 5.83. The molecule has 1 saturated heterocycles. The summed E-state index contributed by atoms with van der Waals surface area (Å²) in [6, 6.07) is 10.1. The number of ether oxygens (including phenoxy) is 1. The van der Waals surface area contributed by atoms with Crippen LogP contribution in [0.3, 0.4) is 0 Å². The number of aryl methyl sites for hydroxylation is 1. The number of carbonyl (C=O) groups is 1. The summed E-state index contributed by atoms with van der Waals surface area (Å²) in [7, 11) is 0. The average Bonchev–Trinajstić information content (AvgIpc) is 3.34. The molecule has 0 atom stereocenters. The molecule has 0 radical (unpaired) electrons. The van der Waals surface area contributed by atoms with Crippen LogP contribution in [-0.2, 0) is 13.2 Å². The van der Waals surface area contributed by atoms with Crippen molar-refractivity contribution >= 4 is 28.6 Å². The van der Waals surface area contributed by atoms with Gasteiger partial charge in [-0.1, -0.05) is 12.1 Å². The van der Waals surface area contributed by atoms with Crippen LogP contribution in [0.4, 0.5) is 0 Å². The maximum absolute atomic E-state index is 13.1. The van der Waals surface area contributed by atoms with E-state index in [2.05, 4.69) is 21.3 Å². The van der Waals surface area contributed by atoms with Crippen molar-refractivity contribution in [1.82, 2.24) is 14.8 Å². The van der Waals surface area contributed by atoms with Gasteiger partial charge in [0.2, 0.25) is 0 Å². The summed E-state index contributed by atoms with van der Waals surface area (Å²) in [4.78, 5) is 24.0. The van der Waals surface area contributed by atoms with Gasteiger partial charge in [0.1, 0.15) is 12.4 Å². The molecule has 4 heterocycles. The highest BCUT2D eigenvalue weighted by Crippen LogP contribution is 2.42. The second kappa shape index (κ2) is 7.31. The maximum atomic E-state index is 13.1. The smallest absolute Gasteiger partial charge is 0.264 e. The van der Waals surface area contributed by atoms with Crippen LogP contribution in [0.5, 0.6) is 5.75 Å². The zero-order valence-electron chi connectivity index (χ0n) is 15.7. The van der Waals surface area contributed by atoms with Crippen molar-refractivity contribution in [2.24, 2.45) is 0 Å². The first-order chi connectivity index (χ1) is 13.7. The molecule has 1 aromatic carbocycles. The largest absolute Gasteiger partial charge is 0.488 e. The van der Waals surface area contributed by atoms with Crippen LogP contribution in [-0.4, -0.2) is 46.9 Å². The molecule has 0 saturated carbocycles. The Morgan fingerprint density at radius 2 is 2.04 bits per heavy atom. The lowest BCUT2D eigenvalue weighted by Crippen LogP contribution is -2.48. The summed E-state index contributed by atoms with van der Waals surface area (Å²) >= 11 is 3.29. The zero-order valence-corrected chi connectivity index (χ0v) is 17.3. The second-order valence-electron chi connectivity index (χ2n) is 7.18. The molecule has 5 nitrogen and oxygen atoms in total. The van der Waals surface area contributed by atoms with Crippen molar-refractivity contribution in [2.75, 3.05) is 26.2 Å². The first kappa shape index (κ1) is 17.8. The molecule has 0 spiro atoms. The molecule has 1 amide bonds. The standard InChI is InChI=1S/C21H21N3O2S2/c1-14-22-16(13-27-14)11-23-6-8-24(9-7-23)21(25)19-10-15-12-26-18-5-3-2-4-17(18)20(15)28-19/h2-5,10,13H,6-9,11-12H2,1H3. The van der Waals surface area contributed by atoms with Gasteiger partial charge in [0.05, 0.1) is 15.6 Å². The molecule has 0 N–H and O–H groups in total. The Kier molecular flexibility index (Phi) is 4.66. The van der Waals surface area contributed by atoms with E-state index in [9.17, 15) is 4.79 Å². The Labute approximate surface area is 172 Å². The molecule has 1 fully saturated rings. The SMILES string of the molecule is Cc1nc(CN2CCN(C(=O)c3cc4c(s3)-c3ccccc3OC4)CC2)cs1. The van der Waals surface area contributed by atoms with Gasteiger partial charge in [-0.05, 0) is 25.1 Å². The number of para-hydroxylation sites is 1. The first-order valence-corrected chi connectivity index (χ1v) is 11.1. The fourth-order valence-electron chi connectivity index (χ4n) is 3.78. The molecule has 7 heteroatoms. The van der Waals surface area contributed by atoms with Crippen molar-refractivity contribution in [1.29, 1.82) is 0 Å². The second-order valence-corrected chi connectivity index (χ2v) is 9.29. The number of carbonyl (C=O) groups excluding carboxylic acids is 1. The number of hydrogen-bond acceptors (Lipinski definition) is 6. The number of amides is 1. The van der Waals surface area contributed by atoms with E-state index in [1.807, 2.05) is 36.1 Å². The monoisotopic (exact) mass is 411 g/mol. The van der Waals surface area contributed by atoms with Crippen molar-refractivity contribution in [3.63, 3.8) is 0 Å². The molecular formula is C21H21N3O2S2. The minimum Gasteiger partial charge on any atom is -0.488 e. The Hall–Kier alpha value is -2.22. The minimum atomic E-state index is 0.140. The molecular weight excluding hydrogens is 390 g/mol. The van der Waals surface area contributed by atoms with Crippen molar-refractivity contribution in [3.05, 3.63) is 56.9 Å². The summed E-state index contributed by atoms with van der Waals surface area (Å²) in [5.74, 6) is 1.04. The Morgan fingerprint density at radius 3 is 2.82 bits per heavy atom. The van der Waals surface area contributed by atoms with E-state index in [4.69, 9.17) is 4.74 Å². The molecule has 3 aromatic rings. The van der Waals surface area contributed by atoms with Crippen LogP contribution < -0.4 is 4.74 Å². The lowest BCUT2D eigenvalue weighted by Gasteiger charge is -2.34. The normalized spacial score (nSPS) is 16.4. The third kappa shape index (κ3) is 3.34. The predicted molar refractivity (Wildman–Crippen MR) is 112 cm³/mol. The van der Waals surface area contributed by atoms with Crippen molar-refractivity contribution < 1.29 is 9.53 Å². The number of piperazine rings is 1. The molecule has 2 aliphatic heterocycles. The lowest BCUT2D eigenvalue weighted by molar-refractivity contribution is 0.0632. The summed E-state index contributed by atoms with van der Waals surface area (Å²) in [5.41, 5.74) is 3.34. The van der Waals surface area contributed by atoms with Gasteiger partial charge < -0.3 is 9.64 Å². The number of benzene rings is 1. The van der Waals surface area contributed by atoms with Crippen LogP contribution >= 0.6 is 22.7 Å². The summed E-state index contributed by atoms with van der Waals surface area (Å²) in [6.07, 6.45) is 0. The van der Waals surface area contributed by atoms with E-state index in [0.29, 0.717) is 6.61 Å². The summed E-state index contributed by atoms with van der Waals surface area (Å²) in [5, 5.41) is 3.24. The van der Waals surface area contributed by atoms with Gasteiger partial charge >= 0.3 is 0 Å². The zero-order chi connectivity index (χ0) is 19.1. The minimum absolute atomic E-state index is 0.140. The van der Waals surface area contributed by atoms with Gasteiger partial charge in [-0.15, -0.1) is 22.7 Å². The molecule has 2 aromatic heterocycles. The Balaban J connectivity index is 1.26. The van der Waals surface area contributed by atoms with E-state index in [1.54, 1.807) is 22.7 Å². The highest BCUT2D eigenvalue weighted by Gasteiger charge is 2.27. The fourth-order valence-corrected chi connectivity index (χ4v) is 5.55. The number of nitrogens with zero attached hydrogens (tertiary/aromatic N) is 3. The van der Waals surface area contributed by atoms with E-state index in [-0.39, 0.29) is 5.91 Å². The lowest BCUT2D eigenvalue weighted by atomic mass is 10.1. The molecule has 5 rings (SSSR count). The number of aromatic nitrogens is 1. The molecule has 144 valence electrons.